The Morgan fingerprint density at radius 3 is 2.47 bits per heavy atom. The van der Waals surface area contributed by atoms with Crippen molar-refractivity contribution in [2.45, 2.75) is 51.3 Å². The molecule has 1 N–H and O–H groups in total. The van der Waals surface area contributed by atoms with Gasteiger partial charge in [-0.05, 0) is 30.9 Å². The predicted molar refractivity (Wildman–Crippen MR) is 79.7 cm³/mol. The Kier molecular flexibility index (Phi) is 6.52. The molecule has 0 radical (unpaired) electrons. The molecule has 0 aliphatic heterocycles. The molecule has 108 valence electrons. The van der Waals surface area contributed by atoms with Crippen LogP contribution in [0.1, 0.15) is 45.1 Å². The summed E-state index contributed by atoms with van der Waals surface area (Å²) in [7, 11) is -3.37. The minimum Gasteiger partial charge on any atom is -0.211 e. The second-order valence-electron chi connectivity index (χ2n) is 5.03. The highest BCUT2D eigenvalue weighted by molar-refractivity contribution is 7.89. The summed E-state index contributed by atoms with van der Waals surface area (Å²) in [5.74, 6) is 0.429. The number of aryl methyl sites for hydroxylation is 1. The molecule has 1 aromatic carbocycles. The Morgan fingerprint density at radius 2 is 1.89 bits per heavy atom. The first-order chi connectivity index (χ1) is 9.01. The number of hydrogen-bond donors (Lipinski definition) is 1. The van der Waals surface area contributed by atoms with E-state index in [0.717, 1.165) is 31.2 Å². The lowest BCUT2D eigenvalue weighted by Gasteiger charge is -2.16. The zero-order chi connectivity index (χ0) is 14.3. The second-order valence-corrected chi connectivity index (χ2v) is 6.77. The van der Waals surface area contributed by atoms with Crippen LogP contribution in [0, 0.1) is 12.8 Å². The van der Waals surface area contributed by atoms with Crippen LogP contribution in [0.2, 0.25) is 0 Å². The SMILES string of the molecule is CCCC[C@H](CC)CNS(=O)(=O)c1ccccc1C. The highest BCUT2D eigenvalue weighted by Gasteiger charge is 2.17. The fraction of sp³-hybridized carbons (Fsp3) is 0.600. The minimum absolute atomic E-state index is 0.389. The molecule has 1 rings (SSSR count). The van der Waals surface area contributed by atoms with Gasteiger partial charge in [-0.2, -0.15) is 0 Å². The van der Waals surface area contributed by atoms with Gasteiger partial charge in [-0.1, -0.05) is 51.3 Å². The fourth-order valence-corrected chi connectivity index (χ4v) is 3.47. The monoisotopic (exact) mass is 283 g/mol. The molecule has 4 heteroatoms. The van der Waals surface area contributed by atoms with Crippen LogP contribution in [0.3, 0.4) is 0 Å². The normalized spacial score (nSPS) is 13.4. The molecule has 0 amide bonds. The largest absolute Gasteiger partial charge is 0.240 e. The molecule has 0 aromatic heterocycles. The van der Waals surface area contributed by atoms with Crippen LogP contribution in [0.4, 0.5) is 0 Å². The Bertz CT molecular complexity index is 483. The first-order valence-corrected chi connectivity index (χ1v) is 8.54. The van der Waals surface area contributed by atoms with E-state index in [9.17, 15) is 8.42 Å². The molecule has 1 atom stereocenters. The van der Waals surface area contributed by atoms with Crippen molar-refractivity contribution in [1.82, 2.24) is 4.72 Å². The van der Waals surface area contributed by atoms with Crippen molar-refractivity contribution in [2.75, 3.05) is 6.54 Å². The van der Waals surface area contributed by atoms with Gasteiger partial charge in [0.2, 0.25) is 10.0 Å². The quantitative estimate of drug-likeness (QED) is 0.794. The van der Waals surface area contributed by atoms with Gasteiger partial charge in [-0.3, -0.25) is 0 Å². The van der Waals surface area contributed by atoms with E-state index in [4.69, 9.17) is 0 Å². The number of rotatable bonds is 8. The number of hydrogen-bond acceptors (Lipinski definition) is 2. The lowest BCUT2D eigenvalue weighted by molar-refractivity contribution is 0.443. The number of benzene rings is 1. The van der Waals surface area contributed by atoms with Gasteiger partial charge >= 0.3 is 0 Å². The molecule has 0 aliphatic carbocycles. The van der Waals surface area contributed by atoms with Crippen molar-refractivity contribution in [3.63, 3.8) is 0 Å². The Balaban J connectivity index is 2.67. The molecule has 0 spiro atoms. The second kappa shape index (κ2) is 7.65. The smallest absolute Gasteiger partial charge is 0.211 e. The van der Waals surface area contributed by atoms with Gasteiger partial charge in [0, 0.05) is 6.54 Å². The highest BCUT2D eigenvalue weighted by atomic mass is 32.2. The molecule has 0 aliphatic rings. The molecule has 0 bridgehead atoms. The highest BCUT2D eigenvalue weighted by Crippen LogP contribution is 2.16. The number of nitrogens with one attached hydrogen (secondary N) is 1. The van der Waals surface area contributed by atoms with Crippen molar-refractivity contribution >= 4 is 10.0 Å². The van der Waals surface area contributed by atoms with E-state index in [2.05, 4.69) is 18.6 Å². The van der Waals surface area contributed by atoms with Crippen LogP contribution in [0.5, 0.6) is 0 Å². The zero-order valence-electron chi connectivity index (χ0n) is 12.1. The summed E-state index contributed by atoms with van der Waals surface area (Å²) in [4.78, 5) is 0.389. The molecule has 19 heavy (non-hydrogen) atoms. The Hall–Kier alpha value is -0.870. The molecule has 0 fully saturated rings. The van der Waals surface area contributed by atoms with Gasteiger partial charge < -0.3 is 0 Å². The van der Waals surface area contributed by atoms with Crippen molar-refractivity contribution in [1.29, 1.82) is 0 Å². The molecular weight excluding hydrogens is 258 g/mol. The lowest BCUT2D eigenvalue weighted by atomic mass is 10.00. The Morgan fingerprint density at radius 1 is 1.21 bits per heavy atom. The van der Waals surface area contributed by atoms with E-state index in [-0.39, 0.29) is 0 Å². The van der Waals surface area contributed by atoms with Gasteiger partial charge in [-0.15, -0.1) is 0 Å². The lowest BCUT2D eigenvalue weighted by Crippen LogP contribution is -2.29. The van der Waals surface area contributed by atoms with Crippen LogP contribution in [0.15, 0.2) is 29.2 Å². The molecule has 0 heterocycles. The molecule has 0 unspecified atom stereocenters. The van der Waals surface area contributed by atoms with Gasteiger partial charge in [-0.25, -0.2) is 13.1 Å². The van der Waals surface area contributed by atoms with Gasteiger partial charge in [0.1, 0.15) is 0 Å². The predicted octanol–water partition coefficient (Wildman–Crippen LogP) is 3.49. The van der Waals surface area contributed by atoms with E-state index in [1.807, 2.05) is 19.1 Å². The third-order valence-electron chi connectivity index (χ3n) is 3.49. The molecular formula is C15H25NO2S. The van der Waals surface area contributed by atoms with Gasteiger partial charge in [0.25, 0.3) is 0 Å². The average Bonchev–Trinajstić information content (AvgIpc) is 2.39. The van der Waals surface area contributed by atoms with E-state index in [0.29, 0.717) is 17.4 Å². The van der Waals surface area contributed by atoms with E-state index < -0.39 is 10.0 Å². The summed E-state index contributed by atoms with van der Waals surface area (Å²) in [5, 5.41) is 0. The summed E-state index contributed by atoms with van der Waals surface area (Å²) >= 11 is 0. The van der Waals surface area contributed by atoms with E-state index >= 15 is 0 Å². The van der Waals surface area contributed by atoms with E-state index in [1.54, 1.807) is 12.1 Å². The molecule has 3 nitrogen and oxygen atoms in total. The first-order valence-electron chi connectivity index (χ1n) is 7.06. The molecule has 0 saturated carbocycles. The Labute approximate surface area is 117 Å². The number of sulfonamides is 1. The van der Waals surface area contributed by atoms with Gasteiger partial charge in [0.15, 0.2) is 0 Å². The maximum atomic E-state index is 12.2. The fourth-order valence-electron chi connectivity index (χ4n) is 2.11. The third-order valence-corrected chi connectivity index (χ3v) is 5.07. The summed E-state index contributed by atoms with van der Waals surface area (Å²) in [5.41, 5.74) is 0.789. The average molecular weight is 283 g/mol. The third kappa shape index (κ3) is 4.96. The number of unbranched alkanes of at least 4 members (excludes halogenated alkanes) is 1. The van der Waals surface area contributed by atoms with Crippen LogP contribution in [0.25, 0.3) is 0 Å². The van der Waals surface area contributed by atoms with Crippen molar-refractivity contribution in [3.8, 4) is 0 Å². The summed E-state index contributed by atoms with van der Waals surface area (Å²) in [6, 6.07) is 7.09. The summed E-state index contributed by atoms with van der Waals surface area (Å²) in [6.07, 6.45) is 4.41. The van der Waals surface area contributed by atoms with Crippen molar-refractivity contribution < 1.29 is 8.42 Å². The van der Waals surface area contributed by atoms with E-state index in [1.165, 1.54) is 0 Å². The standard InChI is InChI=1S/C15H25NO2S/c1-4-6-10-14(5-2)12-16-19(17,18)15-11-8-7-9-13(15)3/h7-9,11,14,16H,4-6,10,12H2,1-3H3/t14-/m0/s1. The molecule has 1 aromatic rings. The van der Waals surface area contributed by atoms with Crippen molar-refractivity contribution in [2.24, 2.45) is 5.92 Å². The summed E-state index contributed by atoms with van der Waals surface area (Å²) in [6.45, 7) is 6.63. The van der Waals surface area contributed by atoms with Crippen LogP contribution in [-0.2, 0) is 10.0 Å². The van der Waals surface area contributed by atoms with Crippen molar-refractivity contribution in [3.05, 3.63) is 29.8 Å². The van der Waals surface area contributed by atoms with Crippen LogP contribution >= 0.6 is 0 Å². The van der Waals surface area contributed by atoms with Gasteiger partial charge in [0.05, 0.1) is 4.90 Å². The topological polar surface area (TPSA) is 46.2 Å². The zero-order valence-corrected chi connectivity index (χ0v) is 13.0. The van der Waals surface area contributed by atoms with Crippen LogP contribution < -0.4 is 4.72 Å². The molecule has 0 saturated heterocycles. The minimum atomic E-state index is -3.37. The maximum Gasteiger partial charge on any atom is 0.240 e. The van der Waals surface area contributed by atoms with Crippen LogP contribution in [-0.4, -0.2) is 15.0 Å². The first kappa shape index (κ1) is 16.2. The maximum absolute atomic E-state index is 12.2. The summed E-state index contributed by atoms with van der Waals surface area (Å²) < 4.78 is 27.2.